The Kier molecular flexibility index (Phi) is 6.65. The first-order valence-corrected chi connectivity index (χ1v) is 16.4. The monoisotopic (exact) mass is 571 g/mol. The molecule has 0 bridgehead atoms. The minimum absolute atomic E-state index is 1.06. The van der Waals surface area contributed by atoms with Gasteiger partial charge in [0.1, 0.15) is 5.01 Å². The first kappa shape index (κ1) is 26.1. The highest BCUT2D eigenvalue weighted by Gasteiger charge is 2.21. The van der Waals surface area contributed by atoms with Crippen molar-refractivity contribution in [2.75, 3.05) is 0 Å². The van der Waals surface area contributed by atoms with Crippen molar-refractivity contribution < 1.29 is 0 Å². The first-order valence-electron chi connectivity index (χ1n) is 15.5. The number of aryl methyl sites for hydroxylation is 1. The Bertz CT molecular complexity index is 2180. The maximum atomic E-state index is 5.16. The van der Waals surface area contributed by atoms with Gasteiger partial charge < -0.3 is 0 Å². The van der Waals surface area contributed by atoms with Gasteiger partial charge in [0.25, 0.3) is 0 Å². The first-order chi connectivity index (χ1) is 21.3. The molecule has 0 radical (unpaired) electrons. The van der Waals surface area contributed by atoms with Gasteiger partial charge in [-0.2, -0.15) is 0 Å². The van der Waals surface area contributed by atoms with Crippen LogP contribution in [0, 0.1) is 0 Å². The molecule has 0 aliphatic carbocycles. The Balaban J connectivity index is 1.49. The summed E-state index contributed by atoms with van der Waals surface area (Å²) in [4.78, 5) is 5.16. The van der Waals surface area contributed by atoms with E-state index in [4.69, 9.17) is 4.98 Å². The molecule has 0 fully saturated rings. The van der Waals surface area contributed by atoms with Crippen molar-refractivity contribution in [3.05, 3.63) is 127 Å². The Morgan fingerprint density at radius 1 is 0.535 bits per heavy atom. The topological polar surface area (TPSA) is 12.9 Å². The Hall–Kier alpha value is -4.53. The lowest BCUT2D eigenvalue weighted by Crippen LogP contribution is -1.96. The van der Waals surface area contributed by atoms with Crippen molar-refractivity contribution in [2.45, 2.75) is 39.0 Å². The van der Waals surface area contributed by atoms with Crippen LogP contribution >= 0.6 is 11.3 Å². The van der Waals surface area contributed by atoms with Crippen LogP contribution in [0.3, 0.4) is 0 Å². The largest absolute Gasteiger partial charge is 0.236 e. The van der Waals surface area contributed by atoms with Gasteiger partial charge in [0, 0.05) is 5.56 Å². The molecule has 7 aromatic carbocycles. The van der Waals surface area contributed by atoms with E-state index in [0.717, 1.165) is 16.9 Å². The van der Waals surface area contributed by atoms with Crippen molar-refractivity contribution in [2.24, 2.45) is 0 Å². The number of hydrogen-bond acceptors (Lipinski definition) is 2. The minimum Gasteiger partial charge on any atom is -0.236 e. The summed E-state index contributed by atoms with van der Waals surface area (Å²) in [6, 6.07) is 44.7. The van der Waals surface area contributed by atoms with Crippen LogP contribution in [0.5, 0.6) is 0 Å². The number of thiazole rings is 1. The van der Waals surface area contributed by atoms with Crippen molar-refractivity contribution in [1.29, 1.82) is 0 Å². The number of benzene rings is 7. The van der Waals surface area contributed by atoms with Gasteiger partial charge in [0.2, 0.25) is 0 Å². The second-order valence-corrected chi connectivity index (χ2v) is 12.7. The maximum Gasteiger partial charge on any atom is 0.125 e. The number of hydrogen-bond donors (Lipinski definition) is 0. The predicted octanol–water partition coefficient (Wildman–Crippen LogP) is 12.3. The molecule has 208 valence electrons. The number of aromatic nitrogens is 1. The molecule has 0 aliphatic rings. The van der Waals surface area contributed by atoms with Gasteiger partial charge in [-0.25, -0.2) is 4.98 Å². The Morgan fingerprint density at radius 2 is 1.12 bits per heavy atom. The summed E-state index contributed by atoms with van der Waals surface area (Å²) in [7, 11) is 0. The van der Waals surface area contributed by atoms with E-state index in [0.29, 0.717) is 0 Å². The van der Waals surface area contributed by atoms with E-state index < -0.39 is 0 Å². The minimum atomic E-state index is 1.06. The quantitative estimate of drug-likeness (QED) is 0.131. The number of nitrogens with zero attached hydrogens (tertiary/aromatic N) is 1. The predicted molar refractivity (Wildman–Crippen MR) is 187 cm³/mol. The third-order valence-corrected chi connectivity index (χ3v) is 10.0. The zero-order valence-corrected chi connectivity index (χ0v) is 25.3. The lowest BCUT2D eigenvalue weighted by Gasteiger charge is -2.21. The molecular weight excluding hydrogens is 539 g/mol. The highest BCUT2D eigenvalue weighted by molar-refractivity contribution is 7.21. The van der Waals surface area contributed by atoms with Crippen LogP contribution < -0.4 is 0 Å². The molecule has 1 aromatic heterocycles. The molecule has 1 nitrogen and oxygen atoms in total. The van der Waals surface area contributed by atoms with Gasteiger partial charge >= 0.3 is 0 Å². The van der Waals surface area contributed by atoms with Crippen molar-refractivity contribution >= 4 is 53.9 Å². The smallest absolute Gasteiger partial charge is 0.125 e. The molecule has 0 unspecified atom stereocenters. The Morgan fingerprint density at radius 3 is 1.79 bits per heavy atom. The third-order valence-electron chi connectivity index (χ3n) is 8.98. The summed E-state index contributed by atoms with van der Waals surface area (Å²) >= 11 is 1.79. The van der Waals surface area contributed by atoms with Crippen molar-refractivity contribution in [3.8, 4) is 32.8 Å². The van der Waals surface area contributed by atoms with Crippen LogP contribution in [0.2, 0.25) is 0 Å². The number of fused-ring (bicyclic) bond motifs is 1. The standard InChI is InChI=1S/C41H33NS/c1-2-3-4-7-18-29-25-34(27-14-8-5-9-15-27)31-23-24-33-36(41-42-37-19-12-13-20-38(37)43-41)26-35(28-16-10-6-11-17-28)32-22-21-30(29)39(31)40(32)33/h5-6,8-17,19-26H,2-4,7,18H2,1H3. The fourth-order valence-corrected chi connectivity index (χ4v) is 7.89. The zero-order chi connectivity index (χ0) is 28.8. The van der Waals surface area contributed by atoms with Gasteiger partial charge in [-0.05, 0) is 97.2 Å². The molecule has 0 amide bonds. The molecule has 8 rings (SSSR count). The fourth-order valence-electron chi connectivity index (χ4n) is 6.89. The summed E-state index contributed by atoms with van der Waals surface area (Å²) in [6.07, 6.45) is 6.15. The molecule has 8 aromatic rings. The van der Waals surface area contributed by atoms with E-state index in [9.17, 15) is 0 Å². The van der Waals surface area contributed by atoms with Crippen LogP contribution in [-0.4, -0.2) is 4.98 Å². The normalized spacial score (nSPS) is 11.8. The van der Waals surface area contributed by atoms with Crippen LogP contribution in [0.25, 0.3) is 75.4 Å². The van der Waals surface area contributed by atoms with E-state index >= 15 is 0 Å². The number of unbranched alkanes of at least 4 members (excludes halogenated alkanes) is 3. The van der Waals surface area contributed by atoms with E-state index in [1.165, 1.54) is 96.1 Å². The van der Waals surface area contributed by atoms with Crippen molar-refractivity contribution in [1.82, 2.24) is 4.98 Å². The lowest BCUT2D eigenvalue weighted by molar-refractivity contribution is 0.668. The average Bonchev–Trinajstić information content (AvgIpc) is 3.50. The third kappa shape index (κ3) is 4.49. The molecule has 2 heteroatoms. The molecule has 0 aliphatic heterocycles. The maximum absolute atomic E-state index is 5.16. The fraction of sp³-hybridized carbons (Fsp3) is 0.146. The van der Waals surface area contributed by atoms with E-state index in [1.807, 2.05) is 0 Å². The van der Waals surface area contributed by atoms with Gasteiger partial charge in [-0.3, -0.25) is 0 Å². The molecule has 0 atom stereocenters. The summed E-state index contributed by atoms with van der Waals surface area (Å²) in [5, 5.41) is 9.15. The molecule has 0 saturated carbocycles. The van der Waals surface area contributed by atoms with E-state index in [2.05, 4.69) is 128 Å². The number of rotatable bonds is 8. The van der Waals surface area contributed by atoms with Crippen LogP contribution in [0.1, 0.15) is 38.2 Å². The van der Waals surface area contributed by atoms with E-state index in [1.54, 1.807) is 11.3 Å². The Labute approximate surface area is 256 Å². The molecule has 0 spiro atoms. The molecule has 0 N–H and O–H groups in total. The van der Waals surface area contributed by atoms with Gasteiger partial charge in [0.05, 0.1) is 10.2 Å². The average molecular weight is 572 g/mol. The number of para-hydroxylation sites is 1. The summed E-state index contributed by atoms with van der Waals surface area (Å²) in [5.74, 6) is 0. The highest BCUT2D eigenvalue weighted by Crippen LogP contribution is 2.47. The van der Waals surface area contributed by atoms with Crippen LogP contribution in [0.15, 0.2) is 121 Å². The van der Waals surface area contributed by atoms with Crippen molar-refractivity contribution in [3.63, 3.8) is 0 Å². The second kappa shape index (κ2) is 10.9. The van der Waals surface area contributed by atoms with Crippen LogP contribution in [0.4, 0.5) is 0 Å². The summed E-state index contributed by atoms with van der Waals surface area (Å²) in [5.41, 5.74) is 8.87. The SMILES string of the molecule is CCCCCCc1cc(-c2ccccc2)c2ccc3c(-c4nc5ccccc5s4)cc(-c4ccccc4)c4ccc1c2c43. The summed E-state index contributed by atoms with van der Waals surface area (Å²) < 4.78 is 1.23. The molecule has 1 heterocycles. The van der Waals surface area contributed by atoms with Gasteiger partial charge in [0.15, 0.2) is 0 Å². The van der Waals surface area contributed by atoms with Crippen LogP contribution in [-0.2, 0) is 6.42 Å². The van der Waals surface area contributed by atoms with E-state index in [-0.39, 0.29) is 0 Å². The lowest BCUT2D eigenvalue weighted by atomic mass is 9.83. The van der Waals surface area contributed by atoms with Gasteiger partial charge in [-0.15, -0.1) is 11.3 Å². The molecule has 0 saturated heterocycles. The second-order valence-electron chi connectivity index (χ2n) is 11.7. The summed E-state index contributed by atoms with van der Waals surface area (Å²) in [6.45, 7) is 2.29. The van der Waals surface area contributed by atoms with Gasteiger partial charge in [-0.1, -0.05) is 123 Å². The highest BCUT2D eigenvalue weighted by atomic mass is 32.1. The zero-order valence-electron chi connectivity index (χ0n) is 24.4. The molecule has 43 heavy (non-hydrogen) atoms. The molecular formula is C41H33NS.